The Labute approximate surface area is 184 Å². The molecule has 1 aliphatic heterocycles. The molecule has 3 heterocycles. The minimum Gasteiger partial charge on any atom is -0.347 e. The van der Waals surface area contributed by atoms with Crippen LogP contribution in [0.15, 0.2) is 42.9 Å². The maximum atomic E-state index is 13.1. The molecule has 2 aliphatic rings. The summed E-state index contributed by atoms with van der Waals surface area (Å²) in [6.07, 6.45) is 13.9. The molecule has 31 heavy (non-hydrogen) atoms. The number of fused-ring (bicyclic) bond motifs is 1. The Balaban J connectivity index is 1.26. The van der Waals surface area contributed by atoms with Gasteiger partial charge in [0.25, 0.3) is 0 Å². The number of aromatic amines is 1. The summed E-state index contributed by atoms with van der Waals surface area (Å²) in [4.78, 5) is 0. The first-order valence-electron chi connectivity index (χ1n) is 11.7. The molecule has 166 valence electrons. The second-order valence-electron chi connectivity index (χ2n) is 9.23. The molecule has 1 saturated heterocycles. The van der Waals surface area contributed by atoms with Crippen LogP contribution in [-0.2, 0) is 16.6 Å². The fourth-order valence-electron chi connectivity index (χ4n) is 5.38. The van der Waals surface area contributed by atoms with E-state index in [9.17, 15) is 8.42 Å². The summed E-state index contributed by atoms with van der Waals surface area (Å²) in [5, 5.41) is 8.01. The van der Waals surface area contributed by atoms with Crippen molar-refractivity contribution in [2.75, 3.05) is 13.1 Å². The van der Waals surface area contributed by atoms with Gasteiger partial charge in [0.05, 0.1) is 11.4 Å². The lowest BCUT2D eigenvalue weighted by molar-refractivity contribution is 0.377. The van der Waals surface area contributed by atoms with Crippen LogP contribution < -0.4 is 0 Å². The monoisotopic (exact) mass is 440 g/mol. The van der Waals surface area contributed by atoms with E-state index in [4.69, 9.17) is 0 Å². The van der Waals surface area contributed by atoms with Crippen LogP contribution in [0, 0.1) is 5.92 Å². The molecule has 1 aromatic carbocycles. The van der Waals surface area contributed by atoms with Crippen molar-refractivity contribution in [1.82, 2.24) is 19.1 Å². The van der Waals surface area contributed by atoms with E-state index in [0.29, 0.717) is 19.0 Å². The normalized spacial score (nSPS) is 22.0. The molecule has 0 radical (unpaired) electrons. The van der Waals surface area contributed by atoms with Gasteiger partial charge in [-0.05, 0) is 61.8 Å². The predicted octanol–water partition coefficient (Wildman–Crippen LogP) is 4.80. The highest BCUT2D eigenvalue weighted by Gasteiger charge is 2.34. The van der Waals surface area contributed by atoms with Crippen LogP contribution >= 0.6 is 0 Å². The van der Waals surface area contributed by atoms with E-state index in [1.807, 2.05) is 16.7 Å². The van der Waals surface area contributed by atoms with E-state index in [1.165, 1.54) is 17.3 Å². The summed E-state index contributed by atoms with van der Waals surface area (Å²) < 4.78 is 30.4. The van der Waals surface area contributed by atoms with E-state index in [2.05, 4.69) is 45.2 Å². The second kappa shape index (κ2) is 8.79. The van der Waals surface area contributed by atoms with E-state index >= 15 is 0 Å². The fourth-order valence-corrected chi connectivity index (χ4v) is 7.47. The van der Waals surface area contributed by atoms with Gasteiger partial charge < -0.3 is 4.57 Å². The standard InChI is InChI=1S/C24H32N4O2S/c29-31(30,23-6-2-1-3-7-23)28-12-4-5-19(10-14-28)18-27-13-11-21-15-20(8-9-24(21)27)22-16-25-26-17-22/h8-9,11,13,15-17,19,23H,1-7,10,12,14,18H2,(H,25,26). The van der Waals surface area contributed by atoms with Crippen LogP contribution in [0.5, 0.6) is 0 Å². The topological polar surface area (TPSA) is 71.0 Å². The highest BCUT2D eigenvalue weighted by molar-refractivity contribution is 7.89. The Bertz CT molecular complexity index is 1110. The molecule has 1 saturated carbocycles. The molecule has 6 nitrogen and oxygen atoms in total. The van der Waals surface area contributed by atoms with Crippen LogP contribution in [0.1, 0.15) is 51.4 Å². The predicted molar refractivity (Wildman–Crippen MR) is 124 cm³/mol. The number of nitrogens with zero attached hydrogens (tertiary/aromatic N) is 3. The number of hydrogen-bond donors (Lipinski definition) is 1. The summed E-state index contributed by atoms with van der Waals surface area (Å²) in [6.45, 7) is 2.31. The van der Waals surface area contributed by atoms with Crippen molar-refractivity contribution < 1.29 is 8.42 Å². The molecule has 1 aliphatic carbocycles. The number of hydrogen-bond acceptors (Lipinski definition) is 3. The summed E-state index contributed by atoms with van der Waals surface area (Å²) in [5.74, 6) is 0.510. The molecule has 3 aromatic rings. The number of benzene rings is 1. The number of aromatic nitrogens is 3. The average Bonchev–Trinajstić information content (AvgIpc) is 3.40. The lowest BCUT2D eigenvalue weighted by Crippen LogP contribution is -2.40. The third-order valence-electron chi connectivity index (χ3n) is 7.20. The van der Waals surface area contributed by atoms with E-state index < -0.39 is 10.0 Å². The maximum absolute atomic E-state index is 13.1. The van der Waals surface area contributed by atoms with Gasteiger partial charge in [0.15, 0.2) is 0 Å². The Morgan fingerprint density at radius 1 is 0.968 bits per heavy atom. The zero-order valence-electron chi connectivity index (χ0n) is 18.0. The van der Waals surface area contributed by atoms with Crippen LogP contribution in [0.4, 0.5) is 0 Å². The quantitative estimate of drug-likeness (QED) is 0.620. The third kappa shape index (κ3) is 4.30. The summed E-state index contributed by atoms with van der Waals surface area (Å²) in [5.41, 5.74) is 3.50. The van der Waals surface area contributed by atoms with Crippen LogP contribution in [0.2, 0.25) is 0 Å². The van der Waals surface area contributed by atoms with Crippen molar-refractivity contribution in [1.29, 1.82) is 0 Å². The molecule has 1 N–H and O–H groups in total. The van der Waals surface area contributed by atoms with E-state index in [-0.39, 0.29) is 5.25 Å². The molecule has 2 fully saturated rings. The third-order valence-corrected chi connectivity index (χ3v) is 9.60. The zero-order valence-corrected chi connectivity index (χ0v) is 18.9. The van der Waals surface area contributed by atoms with Gasteiger partial charge in [0.2, 0.25) is 10.0 Å². The van der Waals surface area contributed by atoms with Crippen LogP contribution in [0.3, 0.4) is 0 Å². The van der Waals surface area contributed by atoms with Crippen molar-refractivity contribution in [2.45, 2.75) is 63.2 Å². The van der Waals surface area contributed by atoms with Gasteiger partial charge >= 0.3 is 0 Å². The molecule has 7 heteroatoms. The van der Waals surface area contributed by atoms with Crippen molar-refractivity contribution in [2.24, 2.45) is 5.92 Å². The zero-order chi connectivity index (χ0) is 21.3. The lowest BCUT2D eigenvalue weighted by atomic mass is 10.0. The maximum Gasteiger partial charge on any atom is 0.216 e. The lowest BCUT2D eigenvalue weighted by Gasteiger charge is -2.28. The van der Waals surface area contributed by atoms with Gasteiger partial charge in [0, 0.05) is 48.5 Å². The van der Waals surface area contributed by atoms with Gasteiger partial charge in [-0.3, -0.25) is 5.10 Å². The highest BCUT2D eigenvalue weighted by Crippen LogP contribution is 2.30. The summed E-state index contributed by atoms with van der Waals surface area (Å²) in [6, 6.07) is 8.72. The number of rotatable bonds is 5. The molecular formula is C24H32N4O2S. The van der Waals surface area contributed by atoms with Gasteiger partial charge in [-0.2, -0.15) is 5.10 Å². The van der Waals surface area contributed by atoms with Gasteiger partial charge in [-0.15, -0.1) is 0 Å². The average molecular weight is 441 g/mol. The smallest absolute Gasteiger partial charge is 0.216 e. The van der Waals surface area contributed by atoms with Crippen LogP contribution in [-0.4, -0.2) is 45.8 Å². The van der Waals surface area contributed by atoms with E-state index in [0.717, 1.165) is 62.6 Å². The number of nitrogens with one attached hydrogen (secondary N) is 1. The Morgan fingerprint density at radius 3 is 2.65 bits per heavy atom. The summed E-state index contributed by atoms with van der Waals surface area (Å²) >= 11 is 0. The number of sulfonamides is 1. The van der Waals surface area contributed by atoms with E-state index in [1.54, 1.807) is 0 Å². The van der Waals surface area contributed by atoms with Crippen molar-refractivity contribution >= 4 is 20.9 Å². The molecule has 1 unspecified atom stereocenters. The van der Waals surface area contributed by atoms with Crippen molar-refractivity contribution in [3.05, 3.63) is 42.9 Å². The minimum absolute atomic E-state index is 0.143. The van der Waals surface area contributed by atoms with Gasteiger partial charge in [0.1, 0.15) is 0 Å². The second-order valence-corrected chi connectivity index (χ2v) is 11.4. The Morgan fingerprint density at radius 2 is 1.84 bits per heavy atom. The van der Waals surface area contributed by atoms with Gasteiger partial charge in [-0.25, -0.2) is 12.7 Å². The number of H-pyrrole nitrogens is 1. The molecule has 1 atom stereocenters. The highest BCUT2D eigenvalue weighted by atomic mass is 32.2. The molecule has 2 aromatic heterocycles. The molecular weight excluding hydrogens is 408 g/mol. The van der Waals surface area contributed by atoms with Crippen LogP contribution in [0.25, 0.3) is 22.0 Å². The summed E-state index contributed by atoms with van der Waals surface area (Å²) in [7, 11) is -3.14. The van der Waals surface area contributed by atoms with Crippen molar-refractivity contribution in [3.63, 3.8) is 0 Å². The van der Waals surface area contributed by atoms with Crippen molar-refractivity contribution in [3.8, 4) is 11.1 Å². The molecule has 0 amide bonds. The molecule has 0 bridgehead atoms. The first-order chi connectivity index (χ1) is 15.1. The minimum atomic E-state index is -3.14. The Hall–Kier alpha value is -2.12. The molecule has 5 rings (SSSR count). The SMILES string of the molecule is O=S(=O)(C1CCCCC1)N1CCCC(Cn2ccc3cc(-c4cn[nH]c4)ccc32)CC1. The van der Waals surface area contributed by atoms with Gasteiger partial charge in [-0.1, -0.05) is 25.3 Å². The molecule has 0 spiro atoms. The largest absolute Gasteiger partial charge is 0.347 e. The fraction of sp³-hybridized carbons (Fsp3) is 0.542. The first-order valence-corrected chi connectivity index (χ1v) is 13.2. The Kier molecular flexibility index (Phi) is 5.89. The first kappa shape index (κ1) is 20.8.